The molecule has 14 heavy (non-hydrogen) atoms. The Kier molecular flexibility index (Phi) is 2.54. The van der Waals surface area contributed by atoms with Gasteiger partial charge in [-0.2, -0.15) is 0 Å². The van der Waals surface area contributed by atoms with Gasteiger partial charge in [0, 0.05) is 13.1 Å². The quantitative estimate of drug-likeness (QED) is 0.778. The number of aromatic nitrogens is 3. The molecule has 1 N–H and O–H groups in total. The predicted molar refractivity (Wildman–Crippen MR) is 54.8 cm³/mol. The van der Waals surface area contributed by atoms with Crippen LogP contribution >= 0.6 is 0 Å². The first-order chi connectivity index (χ1) is 6.72. The van der Waals surface area contributed by atoms with Crippen molar-refractivity contribution in [2.75, 3.05) is 0 Å². The predicted octanol–water partition coefficient (Wildman–Crippen LogP) is 1.01. The average molecular weight is 194 g/mol. The summed E-state index contributed by atoms with van der Waals surface area (Å²) in [5, 5.41) is 11.6. The van der Waals surface area contributed by atoms with Crippen molar-refractivity contribution in [3.63, 3.8) is 0 Å². The zero-order valence-corrected chi connectivity index (χ0v) is 9.12. The van der Waals surface area contributed by atoms with E-state index in [2.05, 4.69) is 22.4 Å². The molecule has 1 aliphatic carbocycles. The van der Waals surface area contributed by atoms with Crippen LogP contribution in [-0.2, 0) is 13.6 Å². The molecule has 1 heterocycles. The Hall–Kier alpha value is -0.900. The minimum atomic E-state index is 0.719. The summed E-state index contributed by atoms with van der Waals surface area (Å²) in [6.45, 7) is 5.07. The Morgan fingerprint density at radius 3 is 2.79 bits per heavy atom. The van der Waals surface area contributed by atoms with Crippen LogP contribution in [-0.4, -0.2) is 20.8 Å². The first-order valence-corrected chi connectivity index (χ1v) is 5.30. The molecule has 1 aromatic rings. The lowest BCUT2D eigenvalue weighted by Crippen LogP contribution is -2.20. The summed E-state index contributed by atoms with van der Waals surface area (Å²) in [5.41, 5.74) is 0. The van der Waals surface area contributed by atoms with E-state index < -0.39 is 0 Å². The van der Waals surface area contributed by atoms with E-state index in [-0.39, 0.29) is 0 Å². The highest BCUT2D eigenvalue weighted by molar-refractivity contribution is 4.96. The molecular formula is C10H18N4. The van der Waals surface area contributed by atoms with E-state index in [1.54, 1.807) is 0 Å². The first kappa shape index (κ1) is 9.65. The molecule has 78 valence electrons. The highest BCUT2D eigenvalue weighted by atomic mass is 15.3. The molecule has 0 radical (unpaired) electrons. The van der Waals surface area contributed by atoms with Gasteiger partial charge < -0.3 is 9.88 Å². The maximum atomic E-state index is 4.12. The highest BCUT2D eigenvalue weighted by Crippen LogP contribution is 2.33. The molecule has 4 nitrogen and oxygen atoms in total. The van der Waals surface area contributed by atoms with Crippen LogP contribution in [0.15, 0.2) is 0 Å². The Balaban J connectivity index is 1.84. The van der Waals surface area contributed by atoms with Crippen LogP contribution in [0.3, 0.4) is 0 Å². The third-order valence-electron chi connectivity index (χ3n) is 3.15. The monoisotopic (exact) mass is 194 g/mol. The molecule has 0 bridgehead atoms. The van der Waals surface area contributed by atoms with Crippen molar-refractivity contribution in [1.82, 2.24) is 20.1 Å². The third kappa shape index (κ3) is 1.80. The summed E-state index contributed by atoms with van der Waals surface area (Å²) in [5.74, 6) is 2.90. The highest BCUT2D eigenvalue weighted by Gasteiger charge is 2.34. The van der Waals surface area contributed by atoms with Gasteiger partial charge >= 0.3 is 0 Å². The molecule has 2 rings (SSSR count). The maximum absolute atomic E-state index is 4.12. The van der Waals surface area contributed by atoms with Crippen molar-refractivity contribution in [3.05, 3.63) is 11.6 Å². The van der Waals surface area contributed by atoms with E-state index in [1.165, 1.54) is 12.8 Å². The zero-order chi connectivity index (χ0) is 10.1. The Labute approximate surface area is 84.7 Å². The van der Waals surface area contributed by atoms with E-state index >= 15 is 0 Å². The molecule has 0 aromatic carbocycles. The first-order valence-electron chi connectivity index (χ1n) is 5.30. The van der Waals surface area contributed by atoms with Crippen molar-refractivity contribution in [3.8, 4) is 0 Å². The van der Waals surface area contributed by atoms with Gasteiger partial charge in [-0.15, -0.1) is 10.2 Å². The van der Waals surface area contributed by atoms with E-state index in [1.807, 2.05) is 18.5 Å². The normalized spacial score (nSPS) is 25.4. The van der Waals surface area contributed by atoms with Gasteiger partial charge in [0.15, 0.2) is 0 Å². The zero-order valence-electron chi connectivity index (χ0n) is 9.12. The van der Waals surface area contributed by atoms with E-state index in [0.29, 0.717) is 0 Å². The molecule has 0 amide bonds. The molecule has 0 spiro atoms. The number of nitrogens with zero attached hydrogens (tertiary/aromatic N) is 3. The van der Waals surface area contributed by atoms with Gasteiger partial charge in [0.1, 0.15) is 11.6 Å². The lowest BCUT2D eigenvalue weighted by Gasteiger charge is -2.03. The fourth-order valence-electron chi connectivity index (χ4n) is 1.78. The molecule has 4 heteroatoms. The molecule has 1 aromatic heterocycles. The molecular weight excluding hydrogens is 176 g/mol. The van der Waals surface area contributed by atoms with Crippen LogP contribution in [0.4, 0.5) is 0 Å². The Bertz CT molecular complexity index is 318. The van der Waals surface area contributed by atoms with Crippen LogP contribution in [0, 0.1) is 12.8 Å². The summed E-state index contributed by atoms with van der Waals surface area (Å²) in [6.07, 6.45) is 2.61. The van der Waals surface area contributed by atoms with Crippen LogP contribution < -0.4 is 5.32 Å². The van der Waals surface area contributed by atoms with Gasteiger partial charge in [-0.1, -0.05) is 13.3 Å². The van der Waals surface area contributed by atoms with Gasteiger partial charge in [-0.05, 0) is 19.3 Å². The van der Waals surface area contributed by atoms with E-state index in [9.17, 15) is 0 Å². The molecule has 2 unspecified atom stereocenters. The largest absolute Gasteiger partial charge is 0.317 e. The smallest absolute Gasteiger partial charge is 0.146 e. The Morgan fingerprint density at radius 2 is 2.29 bits per heavy atom. The van der Waals surface area contributed by atoms with E-state index in [4.69, 9.17) is 0 Å². The minimum absolute atomic E-state index is 0.719. The summed E-state index contributed by atoms with van der Waals surface area (Å²) in [4.78, 5) is 0. The second-order valence-corrected chi connectivity index (χ2v) is 4.11. The molecule has 2 atom stereocenters. The van der Waals surface area contributed by atoms with Gasteiger partial charge in [0.2, 0.25) is 0 Å². The molecule has 1 fully saturated rings. The van der Waals surface area contributed by atoms with Crippen LogP contribution in [0.2, 0.25) is 0 Å². The number of hydrogen-bond acceptors (Lipinski definition) is 3. The minimum Gasteiger partial charge on any atom is -0.317 e. The Morgan fingerprint density at radius 1 is 1.50 bits per heavy atom. The van der Waals surface area contributed by atoms with E-state index in [0.717, 1.165) is 30.2 Å². The molecule has 1 saturated carbocycles. The van der Waals surface area contributed by atoms with Gasteiger partial charge in [-0.25, -0.2) is 0 Å². The third-order valence-corrected chi connectivity index (χ3v) is 3.15. The average Bonchev–Trinajstić information content (AvgIpc) is 2.88. The summed E-state index contributed by atoms with van der Waals surface area (Å²) < 4.78 is 2.04. The van der Waals surface area contributed by atoms with Gasteiger partial charge in [0.25, 0.3) is 0 Å². The topological polar surface area (TPSA) is 42.7 Å². The van der Waals surface area contributed by atoms with Gasteiger partial charge in [0.05, 0.1) is 6.54 Å². The molecule has 0 saturated heterocycles. The summed E-state index contributed by atoms with van der Waals surface area (Å²) in [6, 6.07) is 0.719. The van der Waals surface area contributed by atoms with Crippen molar-refractivity contribution in [2.45, 2.75) is 39.3 Å². The van der Waals surface area contributed by atoms with Gasteiger partial charge in [-0.3, -0.25) is 0 Å². The number of hydrogen-bond donors (Lipinski definition) is 1. The molecule has 1 aliphatic rings. The number of nitrogens with one attached hydrogen (secondary N) is 1. The van der Waals surface area contributed by atoms with Crippen molar-refractivity contribution in [1.29, 1.82) is 0 Å². The molecule has 0 aliphatic heterocycles. The SMILES string of the molecule is CCC1CC1NCc1nnc(C)n1C. The van der Waals surface area contributed by atoms with Crippen molar-refractivity contribution >= 4 is 0 Å². The maximum Gasteiger partial charge on any atom is 0.146 e. The lowest BCUT2D eigenvalue weighted by atomic mass is 10.3. The summed E-state index contributed by atoms with van der Waals surface area (Å²) >= 11 is 0. The van der Waals surface area contributed by atoms with Crippen molar-refractivity contribution in [2.24, 2.45) is 13.0 Å². The lowest BCUT2D eigenvalue weighted by molar-refractivity contribution is 0.591. The number of aryl methyl sites for hydroxylation is 1. The van der Waals surface area contributed by atoms with Crippen LogP contribution in [0.5, 0.6) is 0 Å². The second kappa shape index (κ2) is 3.69. The van der Waals surface area contributed by atoms with Crippen LogP contribution in [0.1, 0.15) is 31.4 Å². The fraction of sp³-hybridized carbons (Fsp3) is 0.800. The van der Waals surface area contributed by atoms with Crippen molar-refractivity contribution < 1.29 is 0 Å². The second-order valence-electron chi connectivity index (χ2n) is 4.11. The fourth-order valence-corrected chi connectivity index (χ4v) is 1.78. The standard InChI is InChI=1S/C10H18N4/c1-4-8-5-9(8)11-6-10-13-12-7(2)14(10)3/h8-9,11H,4-6H2,1-3H3. The van der Waals surface area contributed by atoms with Crippen LogP contribution in [0.25, 0.3) is 0 Å². The number of rotatable bonds is 4. The summed E-state index contributed by atoms with van der Waals surface area (Å²) in [7, 11) is 2.01.